The fraction of sp³-hybridized carbons (Fsp3) is 0.500. The second-order valence-electron chi connectivity index (χ2n) is 4.70. The molecule has 2 nitrogen and oxygen atoms in total. The fourth-order valence-corrected chi connectivity index (χ4v) is 1.36. The second kappa shape index (κ2) is 3.62. The van der Waals surface area contributed by atoms with Gasteiger partial charge in [0, 0.05) is 5.56 Å². The summed E-state index contributed by atoms with van der Waals surface area (Å²) in [5.74, 6) is 0.174. The number of phenolic OH excluding ortho intramolecular Hbond substituents is 1. The summed E-state index contributed by atoms with van der Waals surface area (Å²) >= 11 is 0. The van der Waals surface area contributed by atoms with Crippen LogP contribution < -0.4 is 0 Å². The maximum Gasteiger partial charge on any atom is 0.121 e. The molecule has 0 spiro atoms. The zero-order valence-corrected chi connectivity index (χ0v) is 9.20. The Kier molecular flexibility index (Phi) is 2.86. The molecule has 78 valence electrons. The number of phenols is 1. The van der Waals surface area contributed by atoms with E-state index in [1.807, 2.05) is 6.07 Å². The standard InChI is InChI=1S/C12H18O2/c1-8(13)10-6-5-9(7-11(10)14)12(2,3)4/h5-8,13-14H,1-4H3. The number of hydrogen-bond acceptors (Lipinski definition) is 2. The third kappa shape index (κ3) is 2.26. The van der Waals surface area contributed by atoms with E-state index >= 15 is 0 Å². The van der Waals surface area contributed by atoms with Gasteiger partial charge in [0.1, 0.15) is 5.75 Å². The van der Waals surface area contributed by atoms with E-state index in [2.05, 4.69) is 20.8 Å². The predicted octanol–water partition coefficient (Wildman–Crippen LogP) is 2.74. The van der Waals surface area contributed by atoms with Gasteiger partial charge in [0.05, 0.1) is 6.10 Å². The molecule has 0 saturated heterocycles. The van der Waals surface area contributed by atoms with Gasteiger partial charge in [-0.3, -0.25) is 0 Å². The topological polar surface area (TPSA) is 40.5 Å². The van der Waals surface area contributed by atoms with Crippen LogP contribution >= 0.6 is 0 Å². The molecule has 2 heteroatoms. The highest BCUT2D eigenvalue weighted by atomic mass is 16.3. The van der Waals surface area contributed by atoms with E-state index in [0.717, 1.165) is 5.56 Å². The number of rotatable bonds is 1. The van der Waals surface area contributed by atoms with Crippen molar-refractivity contribution in [2.45, 2.75) is 39.2 Å². The van der Waals surface area contributed by atoms with Crippen LogP contribution in [0.1, 0.15) is 44.9 Å². The Bertz CT molecular complexity index is 322. The molecule has 1 aromatic carbocycles. The fourth-order valence-electron chi connectivity index (χ4n) is 1.36. The summed E-state index contributed by atoms with van der Waals surface area (Å²) in [6, 6.07) is 5.45. The second-order valence-corrected chi connectivity index (χ2v) is 4.70. The van der Waals surface area contributed by atoms with Crippen LogP contribution in [0.2, 0.25) is 0 Å². The summed E-state index contributed by atoms with van der Waals surface area (Å²) in [6.07, 6.45) is -0.621. The van der Waals surface area contributed by atoms with Crippen molar-refractivity contribution in [3.05, 3.63) is 29.3 Å². The highest BCUT2D eigenvalue weighted by molar-refractivity contribution is 5.39. The molecule has 0 bridgehead atoms. The van der Waals surface area contributed by atoms with Crippen LogP contribution in [0, 0.1) is 0 Å². The number of aromatic hydroxyl groups is 1. The van der Waals surface area contributed by atoms with Crippen molar-refractivity contribution < 1.29 is 10.2 Å². The van der Waals surface area contributed by atoms with Gasteiger partial charge in [-0.05, 0) is 24.0 Å². The minimum absolute atomic E-state index is 0.0225. The van der Waals surface area contributed by atoms with Crippen LogP contribution in [-0.2, 0) is 5.41 Å². The van der Waals surface area contributed by atoms with Crippen LogP contribution in [0.4, 0.5) is 0 Å². The van der Waals surface area contributed by atoms with E-state index in [9.17, 15) is 10.2 Å². The Morgan fingerprint density at radius 1 is 1.21 bits per heavy atom. The molecular formula is C12H18O2. The summed E-state index contributed by atoms with van der Waals surface area (Å²) in [4.78, 5) is 0. The predicted molar refractivity (Wildman–Crippen MR) is 57.4 cm³/mol. The number of aliphatic hydroxyl groups excluding tert-OH is 1. The summed E-state index contributed by atoms with van der Waals surface area (Å²) in [6.45, 7) is 7.91. The summed E-state index contributed by atoms with van der Waals surface area (Å²) in [7, 11) is 0. The van der Waals surface area contributed by atoms with Gasteiger partial charge >= 0.3 is 0 Å². The maximum atomic E-state index is 9.67. The first-order chi connectivity index (χ1) is 6.32. The van der Waals surface area contributed by atoms with Crippen molar-refractivity contribution in [1.29, 1.82) is 0 Å². The molecule has 0 heterocycles. The van der Waals surface area contributed by atoms with Gasteiger partial charge in [-0.1, -0.05) is 32.9 Å². The molecule has 0 aliphatic heterocycles. The molecule has 0 aliphatic carbocycles. The van der Waals surface area contributed by atoms with Crippen molar-refractivity contribution in [3.63, 3.8) is 0 Å². The zero-order chi connectivity index (χ0) is 10.9. The zero-order valence-electron chi connectivity index (χ0n) is 9.20. The first kappa shape index (κ1) is 11.1. The van der Waals surface area contributed by atoms with E-state index in [-0.39, 0.29) is 11.2 Å². The highest BCUT2D eigenvalue weighted by Gasteiger charge is 2.16. The highest BCUT2D eigenvalue weighted by Crippen LogP contribution is 2.30. The smallest absolute Gasteiger partial charge is 0.121 e. The van der Waals surface area contributed by atoms with Gasteiger partial charge < -0.3 is 10.2 Å². The van der Waals surface area contributed by atoms with Crippen molar-refractivity contribution in [2.75, 3.05) is 0 Å². The molecule has 0 saturated carbocycles. The molecular weight excluding hydrogens is 176 g/mol. The lowest BCUT2D eigenvalue weighted by Crippen LogP contribution is -2.11. The van der Waals surface area contributed by atoms with Gasteiger partial charge in [0.15, 0.2) is 0 Å². The average molecular weight is 194 g/mol. The van der Waals surface area contributed by atoms with Crippen molar-refractivity contribution >= 4 is 0 Å². The Morgan fingerprint density at radius 3 is 2.14 bits per heavy atom. The normalized spacial score (nSPS) is 14.1. The van der Waals surface area contributed by atoms with E-state index in [1.165, 1.54) is 0 Å². The minimum atomic E-state index is -0.621. The van der Waals surface area contributed by atoms with E-state index in [1.54, 1.807) is 19.1 Å². The monoisotopic (exact) mass is 194 g/mol. The first-order valence-corrected chi connectivity index (χ1v) is 4.84. The Labute approximate surface area is 85.2 Å². The summed E-state index contributed by atoms with van der Waals surface area (Å²) < 4.78 is 0. The Morgan fingerprint density at radius 2 is 1.79 bits per heavy atom. The van der Waals surface area contributed by atoms with E-state index in [0.29, 0.717) is 5.56 Å². The molecule has 1 unspecified atom stereocenters. The summed E-state index contributed by atoms with van der Waals surface area (Å²) in [5.41, 5.74) is 1.67. The third-order valence-electron chi connectivity index (χ3n) is 2.35. The van der Waals surface area contributed by atoms with Crippen LogP contribution in [0.25, 0.3) is 0 Å². The van der Waals surface area contributed by atoms with Gasteiger partial charge in [-0.15, -0.1) is 0 Å². The maximum absolute atomic E-state index is 9.67. The van der Waals surface area contributed by atoms with Crippen LogP contribution in [0.15, 0.2) is 18.2 Å². The van der Waals surface area contributed by atoms with Crippen molar-refractivity contribution in [2.24, 2.45) is 0 Å². The van der Waals surface area contributed by atoms with Crippen LogP contribution in [0.5, 0.6) is 5.75 Å². The molecule has 1 rings (SSSR count). The average Bonchev–Trinajstić information content (AvgIpc) is 2.01. The van der Waals surface area contributed by atoms with Crippen molar-refractivity contribution in [3.8, 4) is 5.75 Å². The minimum Gasteiger partial charge on any atom is -0.508 e. The SMILES string of the molecule is CC(O)c1ccc(C(C)(C)C)cc1O. The number of hydrogen-bond donors (Lipinski definition) is 2. The number of benzene rings is 1. The van der Waals surface area contributed by atoms with E-state index in [4.69, 9.17) is 0 Å². The van der Waals surface area contributed by atoms with Crippen LogP contribution in [-0.4, -0.2) is 10.2 Å². The Balaban J connectivity index is 3.13. The Hall–Kier alpha value is -1.02. The quantitative estimate of drug-likeness (QED) is 0.721. The van der Waals surface area contributed by atoms with Gasteiger partial charge in [0.2, 0.25) is 0 Å². The van der Waals surface area contributed by atoms with Gasteiger partial charge in [0.25, 0.3) is 0 Å². The van der Waals surface area contributed by atoms with E-state index < -0.39 is 6.10 Å². The lowest BCUT2D eigenvalue weighted by atomic mass is 9.86. The lowest BCUT2D eigenvalue weighted by Gasteiger charge is -2.20. The van der Waals surface area contributed by atoms with Crippen LogP contribution in [0.3, 0.4) is 0 Å². The molecule has 1 atom stereocenters. The van der Waals surface area contributed by atoms with Gasteiger partial charge in [-0.2, -0.15) is 0 Å². The molecule has 2 N–H and O–H groups in total. The number of aliphatic hydroxyl groups is 1. The third-order valence-corrected chi connectivity index (χ3v) is 2.35. The molecule has 0 amide bonds. The summed E-state index contributed by atoms with van der Waals surface area (Å²) in [5, 5.41) is 19.0. The largest absolute Gasteiger partial charge is 0.508 e. The van der Waals surface area contributed by atoms with Crippen molar-refractivity contribution in [1.82, 2.24) is 0 Å². The molecule has 0 aromatic heterocycles. The molecule has 0 aliphatic rings. The van der Waals surface area contributed by atoms with Gasteiger partial charge in [-0.25, -0.2) is 0 Å². The molecule has 1 aromatic rings. The molecule has 14 heavy (non-hydrogen) atoms. The molecule has 0 fully saturated rings. The molecule has 0 radical (unpaired) electrons. The first-order valence-electron chi connectivity index (χ1n) is 4.84. The lowest BCUT2D eigenvalue weighted by molar-refractivity contribution is 0.195.